The third-order valence-corrected chi connectivity index (χ3v) is 5.48. The average molecular weight is 297 g/mol. The van der Waals surface area contributed by atoms with E-state index in [9.17, 15) is 12.8 Å². The summed E-state index contributed by atoms with van der Waals surface area (Å²) in [6.45, 7) is 1.43. The number of hydrogen-bond donors (Lipinski definition) is 1. The van der Waals surface area contributed by atoms with Gasteiger partial charge in [-0.15, -0.1) is 0 Å². The van der Waals surface area contributed by atoms with Gasteiger partial charge in [-0.05, 0) is 31.5 Å². The zero-order valence-electron chi connectivity index (χ0n) is 11.1. The fraction of sp³-hybridized carbons (Fsp3) is 0.462. The molecule has 1 unspecified atom stereocenters. The number of halogens is 1. The highest BCUT2D eigenvalue weighted by molar-refractivity contribution is 7.89. The number of sulfonamides is 1. The summed E-state index contributed by atoms with van der Waals surface area (Å²) < 4.78 is 39.9. The molecule has 1 aliphatic heterocycles. The summed E-state index contributed by atoms with van der Waals surface area (Å²) in [5.74, 6) is -0.816. The predicted molar refractivity (Wildman–Crippen MR) is 72.0 cm³/mol. The Kier molecular flexibility index (Phi) is 4.38. The van der Waals surface area contributed by atoms with Crippen molar-refractivity contribution in [3.8, 4) is 6.07 Å². The topological polar surface area (TPSA) is 73.2 Å². The van der Waals surface area contributed by atoms with Gasteiger partial charge in [0.05, 0.1) is 0 Å². The Morgan fingerprint density at radius 2 is 2.25 bits per heavy atom. The van der Waals surface area contributed by atoms with Gasteiger partial charge in [0.15, 0.2) is 0 Å². The molecule has 1 aromatic rings. The van der Waals surface area contributed by atoms with E-state index in [0.29, 0.717) is 6.54 Å². The van der Waals surface area contributed by atoms with Crippen LogP contribution in [0.5, 0.6) is 0 Å². The van der Waals surface area contributed by atoms with E-state index in [1.165, 1.54) is 23.5 Å². The van der Waals surface area contributed by atoms with Crippen LogP contribution in [-0.4, -0.2) is 38.9 Å². The summed E-state index contributed by atoms with van der Waals surface area (Å²) in [6.07, 6.45) is 1.64. The van der Waals surface area contributed by atoms with Gasteiger partial charge in [0, 0.05) is 19.6 Å². The second kappa shape index (κ2) is 5.87. The van der Waals surface area contributed by atoms with Gasteiger partial charge >= 0.3 is 0 Å². The Hall–Kier alpha value is -1.49. The van der Waals surface area contributed by atoms with Crippen LogP contribution in [0.2, 0.25) is 0 Å². The first-order valence-corrected chi connectivity index (χ1v) is 7.80. The van der Waals surface area contributed by atoms with Crippen molar-refractivity contribution in [2.75, 3.05) is 20.1 Å². The molecule has 1 fully saturated rings. The van der Waals surface area contributed by atoms with Gasteiger partial charge in [-0.25, -0.2) is 12.8 Å². The standard InChI is InChI=1S/C13H16FN3O2S/c1-17(10-4-3-7-16-9-10)20(18,19)13-6-2-5-12(14)11(13)8-15/h2,5-6,10,16H,3-4,7,9H2,1H3. The lowest BCUT2D eigenvalue weighted by Gasteiger charge is -2.31. The summed E-state index contributed by atoms with van der Waals surface area (Å²) in [7, 11) is -2.40. The number of rotatable bonds is 3. The molecule has 0 radical (unpaired) electrons. The van der Waals surface area contributed by atoms with Crippen molar-refractivity contribution in [1.29, 1.82) is 5.26 Å². The van der Waals surface area contributed by atoms with Crippen molar-refractivity contribution in [1.82, 2.24) is 9.62 Å². The Morgan fingerprint density at radius 3 is 2.85 bits per heavy atom. The van der Waals surface area contributed by atoms with E-state index in [0.717, 1.165) is 25.5 Å². The summed E-state index contributed by atoms with van der Waals surface area (Å²) in [5, 5.41) is 12.1. The van der Waals surface area contributed by atoms with Crippen LogP contribution in [0.25, 0.3) is 0 Å². The van der Waals surface area contributed by atoms with E-state index in [-0.39, 0.29) is 10.9 Å². The molecule has 0 saturated carbocycles. The largest absolute Gasteiger partial charge is 0.315 e. The highest BCUT2D eigenvalue weighted by Crippen LogP contribution is 2.24. The summed E-state index contributed by atoms with van der Waals surface area (Å²) in [5.41, 5.74) is -0.428. The normalized spacial score (nSPS) is 19.8. The van der Waals surface area contributed by atoms with Crippen molar-refractivity contribution < 1.29 is 12.8 Å². The molecule has 1 aliphatic rings. The SMILES string of the molecule is CN(C1CCCNC1)S(=O)(=O)c1cccc(F)c1C#N. The van der Waals surface area contributed by atoms with Gasteiger partial charge in [0.2, 0.25) is 10.0 Å². The fourth-order valence-electron chi connectivity index (χ4n) is 2.32. The summed E-state index contributed by atoms with van der Waals surface area (Å²) >= 11 is 0. The van der Waals surface area contributed by atoms with Crippen molar-refractivity contribution in [3.05, 3.63) is 29.6 Å². The van der Waals surface area contributed by atoms with Crippen molar-refractivity contribution in [2.45, 2.75) is 23.8 Å². The molecule has 1 N–H and O–H groups in total. The van der Waals surface area contributed by atoms with Crippen LogP contribution in [0.3, 0.4) is 0 Å². The Bertz CT molecular complexity index is 634. The fourth-order valence-corrected chi connectivity index (χ4v) is 3.86. The number of hydrogen-bond acceptors (Lipinski definition) is 4. The van der Waals surface area contributed by atoms with E-state index >= 15 is 0 Å². The number of benzene rings is 1. The molecule has 2 rings (SSSR count). The first-order chi connectivity index (χ1) is 9.48. The van der Waals surface area contributed by atoms with Crippen LogP contribution in [0.1, 0.15) is 18.4 Å². The van der Waals surface area contributed by atoms with Crippen LogP contribution in [0.15, 0.2) is 23.1 Å². The number of nitrogens with zero attached hydrogens (tertiary/aromatic N) is 2. The van der Waals surface area contributed by atoms with Gasteiger partial charge in [0.25, 0.3) is 0 Å². The van der Waals surface area contributed by atoms with Crippen LogP contribution in [0.4, 0.5) is 4.39 Å². The molecule has 7 heteroatoms. The monoisotopic (exact) mass is 297 g/mol. The summed E-state index contributed by atoms with van der Waals surface area (Å²) in [4.78, 5) is -0.270. The first kappa shape index (κ1) is 14.9. The summed E-state index contributed by atoms with van der Waals surface area (Å²) in [6, 6.07) is 5.11. The smallest absolute Gasteiger partial charge is 0.244 e. The molecule has 1 saturated heterocycles. The molecule has 0 aliphatic carbocycles. The molecule has 5 nitrogen and oxygen atoms in total. The van der Waals surface area contributed by atoms with E-state index < -0.39 is 21.4 Å². The van der Waals surface area contributed by atoms with E-state index in [1.807, 2.05) is 0 Å². The van der Waals surface area contributed by atoms with Crippen LogP contribution < -0.4 is 5.32 Å². The highest BCUT2D eigenvalue weighted by Gasteiger charge is 2.31. The van der Waals surface area contributed by atoms with Crippen LogP contribution >= 0.6 is 0 Å². The van der Waals surface area contributed by atoms with Crippen molar-refractivity contribution >= 4 is 10.0 Å². The lowest BCUT2D eigenvalue weighted by atomic mass is 10.1. The molecule has 0 spiro atoms. The second-order valence-electron chi connectivity index (χ2n) is 4.75. The molecule has 1 heterocycles. The van der Waals surface area contributed by atoms with E-state index in [2.05, 4.69) is 5.32 Å². The Morgan fingerprint density at radius 1 is 1.50 bits per heavy atom. The lowest BCUT2D eigenvalue weighted by molar-refractivity contribution is 0.300. The van der Waals surface area contributed by atoms with Gasteiger partial charge in [0.1, 0.15) is 22.3 Å². The molecule has 108 valence electrons. The van der Waals surface area contributed by atoms with E-state index in [4.69, 9.17) is 5.26 Å². The molecule has 1 aromatic carbocycles. The number of nitriles is 1. The van der Waals surface area contributed by atoms with Gasteiger partial charge in [-0.2, -0.15) is 9.57 Å². The zero-order chi connectivity index (χ0) is 14.8. The minimum absolute atomic E-state index is 0.177. The molecule has 20 heavy (non-hydrogen) atoms. The van der Waals surface area contributed by atoms with Gasteiger partial charge in [-0.1, -0.05) is 6.07 Å². The predicted octanol–water partition coefficient (Wildman–Crippen LogP) is 1.07. The number of likely N-dealkylation sites (N-methyl/N-ethyl adjacent to an activating group) is 1. The quantitative estimate of drug-likeness (QED) is 0.905. The molecule has 1 atom stereocenters. The molecule has 0 bridgehead atoms. The number of piperidine rings is 1. The van der Waals surface area contributed by atoms with Crippen LogP contribution in [0, 0.1) is 17.1 Å². The van der Waals surface area contributed by atoms with Crippen LogP contribution in [-0.2, 0) is 10.0 Å². The van der Waals surface area contributed by atoms with Crippen molar-refractivity contribution in [2.24, 2.45) is 0 Å². The zero-order valence-corrected chi connectivity index (χ0v) is 12.0. The third kappa shape index (κ3) is 2.68. The lowest BCUT2D eigenvalue weighted by Crippen LogP contribution is -2.46. The van der Waals surface area contributed by atoms with Gasteiger partial charge in [-0.3, -0.25) is 0 Å². The second-order valence-corrected chi connectivity index (χ2v) is 6.71. The Labute approximate surface area is 118 Å². The maximum atomic E-state index is 13.6. The minimum atomic E-state index is -3.87. The minimum Gasteiger partial charge on any atom is -0.315 e. The molecular weight excluding hydrogens is 281 g/mol. The third-order valence-electron chi connectivity index (χ3n) is 3.53. The number of nitrogens with one attached hydrogen (secondary N) is 1. The average Bonchev–Trinajstić information content (AvgIpc) is 2.47. The molecule has 0 aromatic heterocycles. The highest BCUT2D eigenvalue weighted by atomic mass is 32.2. The van der Waals surface area contributed by atoms with E-state index in [1.54, 1.807) is 6.07 Å². The van der Waals surface area contributed by atoms with Gasteiger partial charge < -0.3 is 5.32 Å². The molecule has 0 amide bonds. The van der Waals surface area contributed by atoms with Crippen molar-refractivity contribution in [3.63, 3.8) is 0 Å². The maximum absolute atomic E-state index is 13.6. The molecular formula is C13H16FN3O2S. The Balaban J connectivity index is 2.40. The first-order valence-electron chi connectivity index (χ1n) is 6.36. The maximum Gasteiger partial charge on any atom is 0.244 e.